The van der Waals surface area contributed by atoms with Crippen molar-refractivity contribution in [3.63, 3.8) is 0 Å². The van der Waals surface area contributed by atoms with E-state index in [2.05, 4.69) is 83.8 Å². The number of esters is 8. The fourth-order valence-corrected chi connectivity index (χ4v) is 16.4. The maximum atomic E-state index is 14.5. The zero-order chi connectivity index (χ0) is 101. The fourth-order valence-electron chi connectivity index (χ4n) is 16.4. The number of hydrogen-bond donors (Lipinski definition) is 9. The third kappa shape index (κ3) is 43.4. The van der Waals surface area contributed by atoms with Crippen molar-refractivity contribution >= 4 is 101 Å². The van der Waals surface area contributed by atoms with Crippen LogP contribution in [0.4, 0.5) is 0 Å². The van der Waals surface area contributed by atoms with E-state index in [0.717, 1.165) is 58.2 Å². The molecule has 43 heteroatoms. The number of ether oxygens (including phenoxy) is 14. The maximum Gasteiger partial charge on any atom is 0.303 e. The number of aliphatic hydroxyl groups is 1. The molecule has 9 N–H and O–H groups in total. The van der Waals surface area contributed by atoms with Crippen molar-refractivity contribution in [1.82, 2.24) is 52.3 Å². The zero-order valence-corrected chi connectivity index (χ0v) is 86.2. The summed E-state index contributed by atoms with van der Waals surface area (Å²) < 4.78 is 79.3. The van der Waals surface area contributed by atoms with Gasteiger partial charge in [0.2, 0.25) is 53.2 Å². The van der Waals surface area contributed by atoms with Gasteiger partial charge in [0.15, 0.2) is 55.5 Å². The second kappa shape index (κ2) is 65.0. The smallest absolute Gasteiger partial charge is 0.303 e. The molecular formula is C96H140AcN10O32. The minimum absolute atomic E-state index is 0. The molecule has 1 radical (unpaired) electrons. The van der Waals surface area contributed by atoms with Crippen LogP contribution in [0.1, 0.15) is 215 Å². The Balaban J connectivity index is 0.0000341. The van der Waals surface area contributed by atoms with Crippen LogP contribution in [0.25, 0.3) is 0 Å². The largest absolute Gasteiger partial charge is 0.463 e. The van der Waals surface area contributed by atoms with Crippen molar-refractivity contribution in [2.45, 2.75) is 296 Å². The average molecular weight is 2170 g/mol. The van der Waals surface area contributed by atoms with E-state index in [9.17, 15) is 86.6 Å². The van der Waals surface area contributed by atoms with E-state index in [0.29, 0.717) is 103 Å². The van der Waals surface area contributed by atoms with Crippen LogP contribution in [0.3, 0.4) is 0 Å². The number of aliphatic hydroxyl groups excluding tert-OH is 1. The quantitative estimate of drug-likeness (QED) is 0.0169. The molecule has 3 aliphatic rings. The Morgan fingerprint density at radius 3 is 0.892 bits per heavy atom. The third-order valence-corrected chi connectivity index (χ3v) is 22.2. The predicted molar refractivity (Wildman–Crippen MR) is 490 cm³/mol. The molecule has 3 heterocycles. The van der Waals surface area contributed by atoms with E-state index >= 15 is 0 Å². The Morgan fingerprint density at radius 2 is 0.583 bits per heavy atom. The Kier molecular flexibility index (Phi) is 55.7. The Labute approximate surface area is 846 Å². The predicted octanol–water partition coefficient (Wildman–Crippen LogP) is 3.55. The van der Waals surface area contributed by atoms with Crippen LogP contribution in [0.15, 0.2) is 91.0 Å². The fraction of sp³-hybridized carbons (Fsp3) is 0.635. The minimum atomic E-state index is -1.32. The summed E-state index contributed by atoms with van der Waals surface area (Å²) in [5, 5.41) is 32.7. The van der Waals surface area contributed by atoms with Crippen molar-refractivity contribution < 1.29 is 197 Å². The Bertz CT molecular complexity index is 4300. The molecule has 15 unspecified atom stereocenters. The standard InChI is InChI=1S/C96H140N10O32.Ac/c1-61(108)102-84-90(133-69(9)116)87(130-66(6)113)75(58-107)136-93(84)125-55-26-21-40-78(119)97-46-29-43-81(122)100-49-32-52-105(83(124)45-31-48-99-80(121)42-23-28-57-127-95-86(104-63(3)110)92(135-71(11)118)89(132-68(8)115)77(138-95)60-129-65(5)112)51-24-25-53-106(96(72-34-15-12-16-35-72,73-36-17-13-18-37-73)74-38-19-14-20-39-74)54-33-50-101-82(123)44-30-47-98-79(120)41-22-27-56-126-94-85(103-62(2)109)91(134-70(10)117)88(131-67(7)114)76(137-94)59-128-64(4)111;/h12-20,34-39,75-77,84-95,107H,21-33,40-60H2,1-11H3,(H,97,119)(H,98,120)(H,99,121)(H,100,122)(H,101,123)(H,102,108)(H,103,109)(H,104,110);. The summed E-state index contributed by atoms with van der Waals surface area (Å²) in [6, 6.07) is 27.0. The molecule has 0 aromatic heterocycles. The molecule has 0 saturated carbocycles. The van der Waals surface area contributed by atoms with Gasteiger partial charge in [-0.1, -0.05) is 91.0 Å². The molecule has 139 heavy (non-hydrogen) atoms. The van der Waals surface area contributed by atoms with Gasteiger partial charge in [0, 0.05) is 231 Å². The monoisotopic (exact) mass is 2170 g/mol. The van der Waals surface area contributed by atoms with Crippen molar-refractivity contribution in [2.24, 2.45) is 0 Å². The number of unbranched alkanes of at least 4 members (excludes halogenated alkanes) is 4. The molecule has 42 nitrogen and oxygen atoms in total. The molecule has 15 atom stereocenters. The molecule has 3 aromatic rings. The van der Waals surface area contributed by atoms with Crippen LogP contribution in [-0.4, -0.2) is 306 Å². The summed E-state index contributed by atoms with van der Waals surface area (Å²) in [4.78, 5) is 219. The number of nitrogens with zero attached hydrogens (tertiary/aromatic N) is 2. The first-order valence-electron chi connectivity index (χ1n) is 47.1. The number of amides is 9. The number of carbonyl (C=O) groups excluding carboxylic acids is 17. The van der Waals surface area contributed by atoms with Gasteiger partial charge in [-0.25, -0.2) is 0 Å². The van der Waals surface area contributed by atoms with Crippen molar-refractivity contribution in [1.29, 1.82) is 0 Å². The third-order valence-electron chi connectivity index (χ3n) is 22.2. The summed E-state index contributed by atoms with van der Waals surface area (Å²) >= 11 is 0. The molecule has 3 aromatic carbocycles. The summed E-state index contributed by atoms with van der Waals surface area (Å²) in [7, 11) is 0. The zero-order valence-electron chi connectivity index (χ0n) is 81.4. The van der Waals surface area contributed by atoms with Crippen LogP contribution in [0.5, 0.6) is 0 Å². The van der Waals surface area contributed by atoms with Crippen LogP contribution in [-0.2, 0) is 153 Å². The number of nitrogens with one attached hydrogen (secondary N) is 8. The van der Waals surface area contributed by atoms with E-state index in [1.165, 1.54) is 34.6 Å². The maximum absolute atomic E-state index is 14.5. The first kappa shape index (κ1) is 119. The first-order valence-corrected chi connectivity index (χ1v) is 47.1. The topological polar surface area (TPSA) is 542 Å². The molecule has 6 rings (SSSR count). The summed E-state index contributed by atoms with van der Waals surface area (Å²) in [5.74, 6) is -8.96. The first-order chi connectivity index (χ1) is 66.0. The molecular weight excluding hydrogens is 2030 g/mol. The summed E-state index contributed by atoms with van der Waals surface area (Å²) in [6.07, 6.45) is -9.51. The SMILES string of the molecule is CC(=O)NC1C(OCCCCC(=O)NCCCC(=O)NCCCN(CCCCN(CCCNC(=O)CCCNC(=O)CCCCOC2OC(COC(C)=O)C(OC(C)=O)C(OC(C)=O)C2NC(C)=O)C(c2ccccc2)(c2ccccc2)c2ccccc2)C(=O)CCCNC(=O)CCCCOC2OC(COC(C)=O)C(OC(C)=O)C(OC(C)=O)C2NC(C)=O)OC(CO)C(OC(C)=O)C1OC(C)=O.[Ac]. The molecule has 3 saturated heterocycles. The van der Waals surface area contributed by atoms with Crippen LogP contribution >= 0.6 is 0 Å². The van der Waals surface area contributed by atoms with Gasteiger partial charge in [0.05, 0.1) is 12.1 Å². The normalized spacial score (nSPS) is 20.9. The van der Waals surface area contributed by atoms with Gasteiger partial charge in [-0.3, -0.25) is 86.4 Å². The van der Waals surface area contributed by atoms with E-state index in [1.807, 2.05) is 54.6 Å². The van der Waals surface area contributed by atoms with Gasteiger partial charge in [-0.2, -0.15) is 0 Å². The molecule has 3 fully saturated rings. The van der Waals surface area contributed by atoms with Crippen LogP contribution in [0, 0.1) is 44.1 Å². The molecule has 0 aliphatic carbocycles. The van der Waals surface area contributed by atoms with Gasteiger partial charge in [0.25, 0.3) is 0 Å². The molecule has 769 valence electrons. The van der Waals surface area contributed by atoms with Crippen LogP contribution in [0.2, 0.25) is 0 Å². The molecule has 0 spiro atoms. The molecule has 0 bridgehead atoms. The van der Waals surface area contributed by atoms with E-state index in [4.69, 9.17) is 66.3 Å². The van der Waals surface area contributed by atoms with Gasteiger partial charge in [-0.15, -0.1) is 0 Å². The number of carbonyl (C=O) groups is 17. The number of rotatable bonds is 61. The summed E-state index contributed by atoms with van der Waals surface area (Å²) in [5.41, 5.74) is 2.09. The second-order valence-electron chi connectivity index (χ2n) is 33.7. The number of benzene rings is 3. The van der Waals surface area contributed by atoms with Gasteiger partial charge >= 0.3 is 47.8 Å². The second-order valence-corrected chi connectivity index (χ2v) is 33.7. The average Bonchev–Trinajstić information content (AvgIpc) is 0.730. The Morgan fingerprint density at radius 1 is 0.317 bits per heavy atom. The van der Waals surface area contributed by atoms with Gasteiger partial charge < -0.3 is 119 Å². The van der Waals surface area contributed by atoms with Crippen molar-refractivity contribution in [3.8, 4) is 0 Å². The summed E-state index contributed by atoms with van der Waals surface area (Å²) in [6.45, 7) is 14.0. The van der Waals surface area contributed by atoms with Gasteiger partial charge in [-0.05, 0) is 107 Å². The van der Waals surface area contributed by atoms with Crippen LogP contribution < -0.4 is 42.5 Å². The van der Waals surface area contributed by atoms with Crippen molar-refractivity contribution in [3.05, 3.63) is 108 Å². The van der Waals surface area contributed by atoms with E-state index in [1.54, 1.807) is 4.90 Å². The van der Waals surface area contributed by atoms with E-state index in [-0.39, 0.29) is 177 Å². The molecule has 3 aliphatic heterocycles. The van der Waals surface area contributed by atoms with Gasteiger partial charge in [0.1, 0.15) is 49.7 Å². The minimum Gasteiger partial charge on any atom is -0.463 e. The van der Waals surface area contributed by atoms with E-state index < -0.39 is 183 Å². The number of hydrogen-bond acceptors (Lipinski definition) is 33. The molecule has 9 amide bonds. The Hall–Kier alpha value is -10.2. The van der Waals surface area contributed by atoms with Crippen molar-refractivity contribution in [2.75, 3.05) is 98.5 Å².